The van der Waals surface area contributed by atoms with Gasteiger partial charge >= 0.3 is 5.97 Å². The quantitative estimate of drug-likeness (QED) is 0.117. The molecule has 2 fully saturated rings. The number of nitrogens with one attached hydrogen (secondary N) is 1. The molecular formula is C37H43ClN6O3. The number of nitrogen functional groups attached to an aromatic ring is 1. The van der Waals surface area contributed by atoms with Crippen LogP contribution in [0.15, 0.2) is 36.7 Å². The average molecular weight is 655 g/mol. The molecule has 246 valence electrons. The van der Waals surface area contributed by atoms with Gasteiger partial charge in [0.25, 0.3) is 0 Å². The van der Waals surface area contributed by atoms with E-state index in [2.05, 4.69) is 44.2 Å². The van der Waals surface area contributed by atoms with Crippen molar-refractivity contribution in [1.29, 1.82) is 0 Å². The average Bonchev–Trinajstić information content (AvgIpc) is 3.71. The van der Waals surface area contributed by atoms with Crippen molar-refractivity contribution >= 4 is 34.6 Å². The molecule has 0 unspecified atom stereocenters. The van der Waals surface area contributed by atoms with Crippen molar-refractivity contribution in [2.24, 2.45) is 5.92 Å². The molecule has 0 aliphatic heterocycles. The molecule has 10 heteroatoms. The summed E-state index contributed by atoms with van der Waals surface area (Å²) in [5.41, 5.74) is 12.0. The van der Waals surface area contributed by atoms with Crippen LogP contribution in [0, 0.1) is 31.6 Å². The minimum atomic E-state index is -0.266. The minimum Gasteiger partial charge on any atom is -0.496 e. The zero-order valence-electron chi connectivity index (χ0n) is 27.4. The number of rotatable bonds is 9. The van der Waals surface area contributed by atoms with Crippen LogP contribution in [0.25, 0.3) is 11.0 Å². The van der Waals surface area contributed by atoms with Crippen LogP contribution in [-0.2, 0) is 22.6 Å². The molecule has 6 rings (SSSR count). The fraction of sp³-hybridized carbons (Fsp3) is 0.459. The number of carbonyl (C=O) groups excluding carboxylic acids is 1. The third-order valence-corrected chi connectivity index (χ3v) is 9.81. The second-order valence-electron chi connectivity index (χ2n) is 12.8. The van der Waals surface area contributed by atoms with Crippen molar-refractivity contribution in [3.63, 3.8) is 0 Å². The van der Waals surface area contributed by atoms with Crippen LogP contribution in [0.2, 0.25) is 5.15 Å². The number of esters is 1. The summed E-state index contributed by atoms with van der Waals surface area (Å²) in [6, 6.07) is 7.83. The molecular weight excluding hydrogens is 612 g/mol. The monoisotopic (exact) mass is 654 g/mol. The van der Waals surface area contributed by atoms with Crippen molar-refractivity contribution in [2.75, 3.05) is 12.8 Å². The van der Waals surface area contributed by atoms with Gasteiger partial charge in [0.1, 0.15) is 28.7 Å². The lowest BCUT2D eigenvalue weighted by Crippen LogP contribution is -2.44. The molecule has 3 heterocycles. The Labute approximate surface area is 281 Å². The van der Waals surface area contributed by atoms with Crippen molar-refractivity contribution in [3.05, 3.63) is 75.3 Å². The van der Waals surface area contributed by atoms with Crippen LogP contribution >= 0.6 is 11.6 Å². The van der Waals surface area contributed by atoms with Crippen molar-refractivity contribution in [1.82, 2.24) is 24.8 Å². The van der Waals surface area contributed by atoms with Gasteiger partial charge < -0.3 is 25.1 Å². The number of methoxy groups -OCH3 is 1. The van der Waals surface area contributed by atoms with E-state index in [4.69, 9.17) is 26.8 Å². The van der Waals surface area contributed by atoms with Crippen molar-refractivity contribution < 1.29 is 14.3 Å². The molecule has 3 N–H and O–H groups in total. The molecule has 9 nitrogen and oxygen atoms in total. The first kappa shape index (κ1) is 32.8. The molecule has 2 aliphatic rings. The maximum Gasteiger partial charge on any atom is 0.323 e. The maximum atomic E-state index is 13.3. The summed E-state index contributed by atoms with van der Waals surface area (Å²) < 4.78 is 13.5. The van der Waals surface area contributed by atoms with Gasteiger partial charge in [-0.2, -0.15) is 4.98 Å². The van der Waals surface area contributed by atoms with Crippen LogP contribution in [0.3, 0.4) is 0 Å². The molecule has 0 amide bonds. The third kappa shape index (κ3) is 7.55. The molecule has 3 aromatic heterocycles. The number of aromatic nitrogens is 4. The van der Waals surface area contributed by atoms with Crippen molar-refractivity contribution in [3.8, 4) is 17.6 Å². The summed E-state index contributed by atoms with van der Waals surface area (Å²) in [7, 11) is 1.66. The molecule has 0 saturated heterocycles. The summed E-state index contributed by atoms with van der Waals surface area (Å²) in [5, 5.41) is 4.44. The lowest BCUT2D eigenvalue weighted by molar-refractivity contribution is -0.154. The van der Waals surface area contributed by atoms with Gasteiger partial charge in [0.05, 0.1) is 30.3 Å². The maximum absolute atomic E-state index is 13.3. The van der Waals surface area contributed by atoms with Gasteiger partial charge in [-0.25, -0.2) is 4.98 Å². The Kier molecular flexibility index (Phi) is 10.3. The van der Waals surface area contributed by atoms with Crippen LogP contribution in [0.5, 0.6) is 5.75 Å². The number of hydrogen-bond acceptors (Lipinski definition) is 8. The predicted octanol–water partition coefficient (Wildman–Crippen LogP) is 6.66. The standard InChI is InChI=1S/C37H43ClN6O3/c1-23-19-40-30(24(2)33(23)46-3)22-44-21-28(31-34(38)42-37(39)43-35(31)44)18-17-25-13-15-26(16-14-25)20-41-32(27-9-7-8-10-27)36(45)47-29-11-5-4-6-12-29/h13-16,19,21,27,29,32,41H,4-12,20,22H2,1-3H3,(H2,39,42,43)/t32-/m1/s1. The number of hydrogen-bond donors (Lipinski definition) is 2. The fourth-order valence-corrected chi connectivity index (χ4v) is 7.27. The van der Waals surface area contributed by atoms with E-state index in [9.17, 15) is 4.79 Å². The van der Waals surface area contributed by atoms with E-state index < -0.39 is 0 Å². The van der Waals surface area contributed by atoms with Gasteiger partial charge in [-0.1, -0.05) is 54.8 Å². The van der Waals surface area contributed by atoms with E-state index in [0.29, 0.717) is 35.6 Å². The van der Waals surface area contributed by atoms with E-state index in [0.717, 1.165) is 72.2 Å². The summed E-state index contributed by atoms with van der Waals surface area (Å²) in [5.74, 6) is 7.70. The molecule has 0 bridgehead atoms. The Morgan fingerprint density at radius 2 is 1.79 bits per heavy atom. The van der Waals surface area contributed by atoms with Gasteiger partial charge in [-0.3, -0.25) is 9.78 Å². The highest BCUT2D eigenvalue weighted by atomic mass is 35.5. The number of ether oxygens (including phenoxy) is 2. The van der Waals surface area contributed by atoms with E-state index in [1.807, 2.05) is 36.7 Å². The Morgan fingerprint density at radius 1 is 1.06 bits per heavy atom. The number of anilines is 1. The Balaban J connectivity index is 1.18. The Hall–Kier alpha value is -4.13. The zero-order chi connectivity index (χ0) is 32.9. The number of fused-ring (bicyclic) bond motifs is 1. The zero-order valence-corrected chi connectivity index (χ0v) is 28.2. The number of benzene rings is 1. The van der Waals surface area contributed by atoms with Crippen LogP contribution in [0.1, 0.15) is 91.3 Å². The number of carbonyl (C=O) groups is 1. The van der Waals surface area contributed by atoms with Gasteiger partial charge in [0, 0.05) is 35.6 Å². The van der Waals surface area contributed by atoms with E-state index >= 15 is 0 Å². The summed E-state index contributed by atoms with van der Waals surface area (Å²) in [6.07, 6.45) is 13.8. The topological polar surface area (TPSA) is 117 Å². The molecule has 0 radical (unpaired) electrons. The fourth-order valence-electron chi connectivity index (χ4n) is 6.99. The first-order valence-electron chi connectivity index (χ1n) is 16.7. The van der Waals surface area contributed by atoms with Gasteiger partial charge in [0.2, 0.25) is 5.95 Å². The largest absolute Gasteiger partial charge is 0.496 e. The molecule has 2 aliphatic carbocycles. The van der Waals surface area contributed by atoms with Crippen molar-refractivity contribution in [2.45, 2.75) is 96.9 Å². The lowest BCUT2D eigenvalue weighted by atomic mass is 9.96. The second-order valence-corrected chi connectivity index (χ2v) is 13.2. The van der Waals surface area contributed by atoms with Crippen LogP contribution < -0.4 is 15.8 Å². The summed E-state index contributed by atoms with van der Waals surface area (Å²) in [6.45, 7) is 4.99. The van der Waals surface area contributed by atoms with Gasteiger partial charge in [0.15, 0.2) is 0 Å². The van der Waals surface area contributed by atoms with Crippen LogP contribution in [-0.4, -0.2) is 44.7 Å². The van der Waals surface area contributed by atoms with Gasteiger partial charge in [-0.15, -0.1) is 0 Å². The highest BCUT2D eigenvalue weighted by molar-refractivity contribution is 6.34. The smallest absolute Gasteiger partial charge is 0.323 e. The van der Waals surface area contributed by atoms with E-state index in [1.165, 1.54) is 19.3 Å². The second kappa shape index (κ2) is 14.7. The first-order chi connectivity index (χ1) is 22.8. The first-order valence-corrected chi connectivity index (χ1v) is 17.0. The van der Waals surface area contributed by atoms with Gasteiger partial charge in [-0.05, 0) is 76.0 Å². The summed E-state index contributed by atoms with van der Waals surface area (Å²) >= 11 is 6.58. The number of nitrogens with two attached hydrogens (primary N) is 1. The Morgan fingerprint density at radius 3 is 2.51 bits per heavy atom. The molecule has 1 atom stereocenters. The summed E-state index contributed by atoms with van der Waals surface area (Å²) in [4.78, 5) is 26.6. The van der Waals surface area contributed by atoms with E-state index in [-0.39, 0.29) is 29.2 Å². The number of pyridine rings is 1. The number of aryl methyl sites for hydroxylation is 1. The highest BCUT2D eigenvalue weighted by Crippen LogP contribution is 2.31. The molecule has 0 spiro atoms. The highest BCUT2D eigenvalue weighted by Gasteiger charge is 2.33. The molecule has 47 heavy (non-hydrogen) atoms. The third-order valence-electron chi connectivity index (χ3n) is 9.54. The molecule has 1 aromatic carbocycles. The van der Waals surface area contributed by atoms with E-state index in [1.54, 1.807) is 13.3 Å². The number of halogens is 1. The molecule has 4 aromatic rings. The predicted molar refractivity (Wildman–Crippen MR) is 184 cm³/mol. The number of nitrogens with zero attached hydrogens (tertiary/aromatic N) is 4. The Bertz CT molecular complexity index is 1800. The normalized spacial score (nSPS) is 16.2. The SMILES string of the molecule is COc1c(C)cnc(Cn2cc(C#Cc3ccc(CN[C@@H](C(=O)OC4CCCCC4)C4CCCC4)cc3)c3c(Cl)nc(N)nc32)c1C. The molecule has 2 saturated carbocycles. The van der Waals surface area contributed by atoms with Crippen LogP contribution in [0.4, 0.5) is 5.95 Å². The lowest BCUT2D eigenvalue weighted by Gasteiger charge is -2.28. The minimum absolute atomic E-state index is 0.0690.